The number of halogens is 1. The van der Waals surface area contributed by atoms with Crippen molar-refractivity contribution >= 4 is 5.82 Å². The molecule has 2 N–H and O–H groups in total. The van der Waals surface area contributed by atoms with Gasteiger partial charge in [0.15, 0.2) is 0 Å². The summed E-state index contributed by atoms with van der Waals surface area (Å²) in [6.07, 6.45) is 2.87. The maximum Gasteiger partial charge on any atom is 0.141 e. The predicted octanol–water partition coefficient (Wildman–Crippen LogP) is 3.71. The maximum absolute atomic E-state index is 14.3. The molecule has 0 saturated heterocycles. The molecule has 0 aliphatic heterocycles. The van der Waals surface area contributed by atoms with Crippen molar-refractivity contribution in [2.45, 2.75) is 0 Å². The molecule has 21 heavy (non-hydrogen) atoms. The van der Waals surface area contributed by atoms with Crippen molar-refractivity contribution in [2.75, 3.05) is 5.73 Å². The van der Waals surface area contributed by atoms with Crippen LogP contribution in [0.4, 0.5) is 10.2 Å². The van der Waals surface area contributed by atoms with Crippen LogP contribution in [0.1, 0.15) is 5.56 Å². The van der Waals surface area contributed by atoms with Gasteiger partial charge in [0, 0.05) is 5.56 Å². The molecule has 0 bridgehead atoms. The monoisotopic (exact) mass is 278 g/mol. The van der Waals surface area contributed by atoms with Crippen molar-refractivity contribution in [2.24, 2.45) is 0 Å². The molecular weight excluding hydrogens is 265 g/mol. The molecule has 0 aliphatic rings. The average molecular weight is 278 g/mol. The number of hydrogen-bond acceptors (Lipinski definition) is 3. The first-order valence-corrected chi connectivity index (χ1v) is 6.44. The SMILES string of the molecule is [CH2]c1ccccc1-c1ccc(-c2cnc(N)cn2)c(F)c1. The largest absolute Gasteiger partial charge is 0.382 e. The molecule has 0 atom stereocenters. The van der Waals surface area contributed by atoms with Crippen LogP contribution in [0.5, 0.6) is 0 Å². The maximum atomic E-state index is 14.3. The molecule has 4 heteroatoms. The first kappa shape index (κ1) is 13.2. The summed E-state index contributed by atoms with van der Waals surface area (Å²) in [5.74, 6) is -0.0448. The molecule has 1 radical (unpaired) electrons. The molecule has 103 valence electrons. The molecule has 0 fully saturated rings. The van der Waals surface area contributed by atoms with Crippen LogP contribution >= 0.6 is 0 Å². The lowest BCUT2D eigenvalue weighted by Crippen LogP contribution is -1.94. The number of nitrogens with two attached hydrogens (primary N) is 1. The first-order valence-electron chi connectivity index (χ1n) is 6.44. The van der Waals surface area contributed by atoms with E-state index in [2.05, 4.69) is 16.9 Å². The van der Waals surface area contributed by atoms with Gasteiger partial charge in [-0.1, -0.05) is 30.3 Å². The normalized spacial score (nSPS) is 10.6. The first-order chi connectivity index (χ1) is 10.1. The van der Waals surface area contributed by atoms with Crippen LogP contribution in [0.15, 0.2) is 54.9 Å². The van der Waals surface area contributed by atoms with E-state index < -0.39 is 0 Å². The average Bonchev–Trinajstić information content (AvgIpc) is 2.49. The molecule has 0 unspecified atom stereocenters. The Balaban J connectivity index is 2.04. The number of anilines is 1. The molecule has 0 amide bonds. The number of benzene rings is 2. The number of aromatic nitrogens is 2. The smallest absolute Gasteiger partial charge is 0.141 e. The van der Waals surface area contributed by atoms with Crippen LogP contribution in [-0.2, 0) is 0 Å². The van der Waals surface area contributed by atoms with Gasteiger partial charge in [0.25, 0.3) is 0 Å². The molecule has 2 aromatic carbocycles. The third-order valence-electron chi connectivity index (χ3n) is 3.25. The Labute approximate surface area is 122 Å². The lowest BCUT2D eigenvalue weighted by molar-refractivity contribution is 0.631. The number of nitrogens with zero attached hydrogens (tertiary/aromatic N) is 2. The zero-order valence-corrected chi connectivity index (χ0v) is 11.3. The van der Waals surface area contributed by atoms with Gasteiger partial charge in [0.2, 0.25) is 0 Å². The summed E-state index contributed by atoms with van der Waals surface area (Å²) in [6, 6.07) is 12.6. The van der Waals surface area contributed by atoms with Crippen LogP contribution in [0, 0.1) is 12.7 Å². The van der Waals surface area contributed by atoms with Crippen LogP contribution in [0.2, 0.25) is 0 Å². The topological polar surface area (TPSA) is 51.8 Å². The van der Waals surface area contributed by atoms with E-state index >= 15 is 0 Å². The van der Waals surface area contributed by atoms with Crippen LogP contribution in [0.25, 0.3) is 22.4 Å². The minimum Gasteiger partial charge on any atom is -0.382 e. The Bertz CT molecular complexity index is 782. The fourth-order valence-electron chi connectivity index (χ4n) is 2.17. The number of hydrogen-bond donors (Lipinski definition) is 1. The molecule has 3 rings (SSSR count). The summed E-state index contributed by atoms with van der Waals surface area (Å²) >= 11 is 0. The minimum atomic E-state index is -0.352. The molecule has 0 spiro atoms. The lowest BCUT2D eigenvalue weighted by Gasteiger charge is -2.08. The molecule has 0 saturated carbocycles. The van der Waals surface area contributed by atoms with E-state index in [-0.39, 0.29) is 5.82 Å². The second-order valence-electron chi connectivity index (χ2n) is 4.68. The minimum absolute atomic E-state index is 0.307. The zero-order chi connectivity index (χ0) is 14.8. The van der Waals surface area contributed by atoms with E-state index in [0.29, 0.717) is 17.1 Å². The Morgan fingerprint density at radius 1 is 0.952 bits per heavy atom. The Hall–Kier alpha value is -2.75. The Kier molecular flexibility index (Phi) is 3.36. The summed E-state index contributed by atoms with van der Waals surface area (Å²) in [6.45, 7) is 3.96. The molecule has 1 heterocycles. The summed E-state index contributed by atoms with van der Waals surface area (Å²) in [5.41, 5.74) is 8.89. The summed E-state index contributed by atoms with van der Waals surface area (Å²) in [4.78, 5) is 8.02. The van der Waals surface area contributed by atoms with Gasteiger partial charge in [-0.3, -0.25) is 4.98 Å². The van der Waals surface area contributed by atoms with Crippen molar-refractivity contribution in [1.29, 1.82) is 0 Å². The highest BCUT2D eigenvalue weighted by Gasteiger charge is 2.09. The van der Waals surface area contributed by atoms with Crippen molar-refractivity contribution < 1.29 is 4.39 Å². The van der Waals surface area contributed by atoms with Crippen molar-refractivity contribution in [3.05, 3.63) is 73.2 Å². The molecule has 0 aliphatic carbocycles. The molecular formula is C17H13FN3. The standard InChI is InChI=1S/C17H13FN3/c1-11-4-2-3-5-13(11)12-6-7-14(15(18)8-12)16-9-21-17(19)10-20-16/h2-10H,1H2,(H2,19,21). The van der Waals surface area contributed by atoms with Crippen molar-refractivity contribution in [3.8, 4) is 22.4 Å². The number of nitrogen functional groups attached to an aromatic ring is 1. The Morgan fingerprint density at radius 2 is 1.76 bits per heavy atom. The van der Waals surface area contributed by atoms with Crippen LogP contribution in [-0.4, -0.2) is 9.97 Å². The zero-order valence-electron chi connectivity index (χ0n) is 11.3. The van der Waals surface area contributed by atoms with E-state index in [9.17, 15) is 4.39 Å². The van der Waals surface area contributed by atoms with E-state index in [1.165, 1.54) is 18.5 Å². The fraction of sp³-hybridized carbons (Fsp3) is 0. The molecule has 3 nitrogen and oxygen atoms in total. The van der Waals surface area contributed by atoms with Gasteiger partial charge in [-0.15, -0.1) is 0 Å². The second-order valence-corrected chi connectivity index (χ2v) is 4.68. The predicted molar refractivity (Wildman–Crippen MR) is 81.7 cm³/mol. The molecule has 3 aromatic rings. The summed E-state index contributed by atoms with van der Waals surface area (Å²) < 4.78 is 14.3. The van der Waals surface area contributed by atoms with Gasteiger partial charge in [0.1, 0.15) is 11.6 Å². The lowest BCUT2D eigenvalue weighted by atomic mass is 9.98. The highest BCUT2D eigenvalue weighted by atomic mass is 19.1. The summed E-state index contributed by atoms with van der Waals surface area (Å²) in [5, 5.41) is 0. The third kappa shape index (κ3) is 2.60. The molecule has 1 aromatic heterocycles. The highest BCUT2D eigenvalue weighted by molar-refractivity contribution is 5.72. The van der Waals surface area contributed by atoms with Gasteiger partial charge >= 0.3 is 0 Å². The fourth-order valence-corrected chi connectivity index (χ4v) is 2.17. The van der Waals surface area contributed by atoms with Crippen molar-refractivity contribution in [3.63, 3.8) is 0 Å². The Morgan fingerprint density at radius 3 is 2.43 bits per heavy atom. The van der Waals surface area contributed by atoms with Crippen LogP contribution in [0.3, 0.4) is 0 Å². The van der Waals surface area contributed by atoms with Gasteiger partial charge < -0.3 is 5.73 Å². The highest BCUT2D eigenvalue weighted by Crippen LogP contribution is 2.28. The van der Waals surface area contributed by atoms with Gasteiger partial charge in [-0.25, -0.2) is 9.37 Å². The number of rotatable bonds is 2. The third-order valence-corrected chi connectivity index (χ3v) is 3.25. The van der Waals surface area contributed by atoms with Crippen LogP contribution < -0.4 is 5.73 Å². The van der Waals surface area contributed by atoms with E-state index in [0.717, 1.165) is 16.7 Å². The van der Waals surface area contributed by atoms with Gasteiger partial charge in [0.05, 0.1) is 18.1 Å². The van der Waals surface area contributed by atoms with E-state index in [1.807, 2.05) is 30.3 Å². The summed E-state index contributed by atoms with van der Waals surface area (Å²) in [7, 11) is 0. The van der Waals surface area contributed by atoms with E-state index in [1.54, 1.807) is 6.07 Å². The van der Waals surface area contributed by atoms with Crippen molar-refractivity contribution in [1.82, 2.24) is 9.97 Å². The van der Waals surface area contributed by atoms with E-state index in [4.69, 9.17) is 5.73 Å². The van der Waals surface area contributed by atoms with Gasteiger partial charge in [-0.2, -0.15) is 0 Å². The van der Waals surface area contributed by atoms with Gasteiger partial charge in [-0.05, 0) is 35.7 Å². The quantitative estimate of drug-likeness (QED) is 0.777. The second kappa shape index (κ2) is 5.32.